The Balaban J connectivity index is 1.73. The van der Waals surface area contributed by atoms with E-state index in [-0.39, 0.29) is 11.3 Å². The Morgan fingerprint density at radius 2 is 1.74 bits per heavy atom. The van der Waals surface area contributed by atoms with E-state index in [1.54, 1.807) is 55.6 Å². The molecule has 35 heavy (non-hydrogen) atoms. The number of rotatable bonds is 4. The zero-order valence-corrected chi connectivity index (χ0v) is 20.8. The summed E-state index contributed by atoms with van der Waals surface area (Å²) < 4.78 is 6.19. The number of ketones is 1. The number of anilines is 1. The summed E-state index contributed by atoms with van der Waals surface area (Å²) in [5.41, 5.74) is 3.88. The Morgan fingerprint density at radius 1 is 1.06 bits per heavy atom. The molecule has 0 bridgehead atoms. The number of aryl methyl sites for hydroxylation is 2. The summed E-state index contributed by atoms with van der Waals surface area (Å²) >= 11 is 7.34. The summed E-state index contributed by atoms with van der Waals surface area (Å²) in [4.78, 5) is 32.8. The van der Waals surface area contributed by atoms with E-state index in [1.807, 2.05) is 26.0 Å². The zero-order chi connectivity index (χ0) is 24.9. The largest absolute Gasteiger partial charge is 0.507 e. The first-order chi connectivity index (χ1) is 16.8. The number of nitrogens with zero attached hydrogens (tertiary/aromatic N) is 2. The lowest BCUT2D eigenvalue weighted by Gasteiger charge is -2.23. The lowest BCUT2D eigenvalue weighted by Crippen LogP contribution is -2.29. The quantitative estimate of drug-likeness (QED) is 0.203. The fraction of sp³-hybridized carbons (Fsp3) is 0.148. The molecule has 6 nitrogen and oxygen atoms in total. The second-order valence-corrected chi connectivity index (χ2v) is 9.82. The number of hydrogen-bond donors (Lipinski definition) is 1. The number of aliphatic hydroxyl groups excluding tert-OH is 1. The number of hydrogen-bond acceptors (Lipinski definition) is 6. The maximum Gasteiger partial charge on any atom is 0.301 e. The fourth-order valence-corrected chi connectivity index (χ4v) is 5.65. The number of carbonyl (C=O) groups is 2. The lowest BCUT2D eigenvalue weighted by atomic mass is 9.95. The molecule has 0 aliphatic carbocycles. The molecule has 176 valence electrons. The third kappa shape index (κ3) is 3.96. The van der Waals surface area contributed by atoms with Gasteiger partial charge in [-0.2, -0.15) is 0 Å². The van der Waals surface area contributed by atoms with Crippen LogP contribution in [0.5, 0.6) is 5.75 Å². The van der Waals surface area contributed by atoms with Crippen LogP contribution in [-0.4, -0.2) is 28.9 Å². The average molecular weight is 505 g/mol. The van der Waals surface area contributed by atoms with Gasteiger partial charge in [0.15, 0.2) is 5.13 Å². The first kappa shape index (κ1) is 23.1. The normalized spacial score (nSPS) is 17.4. The number of thiazole rings is 1. The molecule has 1 aliphatic rings. The van der Waals surface area contributed by atoms with E-state index in [9.17, 15) is 14.7 Å². The van der Waals surface area contributed by atoms with Crippen molar-refractivity contribution in [2.75, 3.05) is 12.0 Å². The highest BCUT2D eigenvalue weighted by Gasteiger charge is 2.48. The van der Waals surface area contributed by atoms with Gasteiger partial charge < -0.3 is 9.84 Å². The van der Waals surface area contributed by atoms with Crippen LogP contribution >= 0.6 is 22.9 Å². The number of halogens is 1. The molecule has 8 heteroatoms. The number of Topliss-reactive ketones (excluding diaryl/α,β-unsaturated/α-hetero) is 1. The number of aliphatic hydroxyl groups is 1. The highest BCUT2D eigenvalue weighted by Crippen LogP contribution is 2.45. The van der Waals surface area contributed by atoms with Crippen LogP contribution in [0.25, 0.3) is 16.0 Å². The van der Waals surface area contributed by atoms with Gasteiger partial charge in [-0.3, -0.25) is 14.5 Å². The van der Waals surface area contributed by atoms with Crippen LogP contribution in [-0.2, 0) is 9.59 Å². The molecule has 3 aromatic carbocycles. The Bertz CT molecular complexity index is 1510. The molecule has 1 amide bonds. The highest BCUT2D eigenvalue weighted by atomic mass is 35.5. The molecule has 1 atom stereocenters. The van der Waals surface area contributed by atoms with Gasteiger partial charge in [0.25, 0.3) is 5.78 Å². The van der Waals surface area contributed by atoms with Crippen molar-refractivity contribution in [2.24, 2.45) is 0 Å². The van der Waals surface area contributed by atoms with E-state index in [1.165, 1.54) is 16.2 Å². The molecule has 1 saturated heterocycles. The monoisotopic (exact) mass is 504 g/mol. The highest BCUT2D eigenvalue weighted by molar-refractivity contribution is 7.22. The molecule has 5 rings (SSSR count). The SMILES string of the molecule is COc1ccc([C@H]2C(=C(O)c3ccc(Cl)cc3)C(=O)C(=O)N2c2nc3c(C)cc(C)cc3s2)cc1. The Kier molecular flexibility index (Phi) is 5.83. The Labute approximate surface area is 211 Å². The number of benzene rings is 3. The maximum atomic E-state index is 13.4. The maximum absolute atomic E-state index is 13.4. The summed E-state index contributed by atoms with van der Waals surface area (Å²) in [7, 11) is 1.56. The molecule has 2 heterocycles. The van der Waals surface area contributed by atoms with E-state index in [2.05, 4.69) is 0 Å². The Morgan fingerprint density at radius 3 is 2.40 bits per heavy atom. The minimum absolute atomic E-state index is 0.00496. The van der Waals surface area contributed by atoms with Crippen molar-refractivity contribution >= 4 is 55.7 Å². The molecule has 1 N–H and O–H groups in total. The molecule has 0 unspecified atom stereocenters. The van der Waals surface area contributed by atoms with Crippen LogP contribution in [0.15, 0.2) is 66.2 Å². The zero-order valence-electron chi connectivity index (χ0n) is 19.2. The summed E-state index contributed by atoms with van der Waals surface area (Å²) in [6, 6.07) is 16.7. The molecule has 0 saturated carbocycles. The first-order valence-electron chi connectivity index (χ1n) is 10.9. The minimum Gasteiger partial charge on any atom is -0.507 e. The van der Waals surface area contributed by atoms with Gasteiger partial charge in [-0.25, -0.2) is 4.98 Å². The smallest absolute Gasteiger partial charge is 0.301 e. The summed E-state index contributed by atoms with van der Waals surface area (Å²) in [5.74, 6) is -1.15. The fourth-order valence-electron chi connectivity index (χ4n) is 4.36. The van der Waals surface area contributed by atoms with Gasteiger partial charge in [-0.15, -0.1) is 0 Å². The van der Waals surface area contributed by atoms with Gasteiger partial charge in [0.1, 0.15) is 11.5 Å². The van der Waals surface area contributed by atoms with Crippen LogP contribution in [0.3, 0.4) is 0 Å². The molecule has 1 aliphatic heterocycles. The van der Waals surface area contributed by atoms with Gasteiger partial charge in [0.05, 0.1) is 28.9 Å². The standard InChI is InChI=1S/C27H21ClN2O4S/c1-14-12-15(2)22-20(13-14)35-27(29-22)30-23(16-6-10-19(34-3)11-7-16)21(25(32)26(30)33)24(31)17-4-8-18(28)9-5-17/h4-13,23,31H,1-3H3/t23-/m0/s1. The number of fused-ring (bicyclic) bond motifs is 1. The van der Waals surface area contributed by atoms with Gasteiger partial charge in [-0.05, 0) is 73.0 Å². The number of carbonyl (C=O) groups excluding carboxylic acids is 2. The molecule has 0 spiro atoms. The van der Waals surface area contributed by atoms with E-state index in [4.69, 9.17) is 21.3 Å². The van der Waals surface area contributed by atoms with Crippen molar-refractivity contribution in [3.05, 3.63) is 93.5 Å². The molecule has 1 aromatic heterocycles. The van der Waals surface area contributed by atoms with Crippen molar-refractivity contribution in [3.63, 3.8) is 0 Å². The number of aromatic nitrogens is 1. The predicted octanol–water partition coefficient (Wildman–Crippen LogP) is 6.20. The molecule has 1 fully saturated rings. The van der Waals surface area contributed by atoms with Crippen LogP contribution in [0.4, 0.5) is 5.13 Å². The van der Waals surface area contributed by atoms with Crippen molar-refractivity contribution in [1.82, 2.24) is 4.98 Å². The third-order valence-corrected chi connectivity index (χ3v) is 7.27. The predicted molar refractivity (Wildman–Crippen MR) is 138 cm³/mol. The average Bonchev–Trinajstić information content (AvgIpc) is 3.38. The number of amides is 1. The summed E-state index contributed by atoms with van der Waals surface area (Å²) in [5, 5.41) is 12.1. The second-order valence-electron chi connectivity index (χ2n) is 8.37. The summed E-state index contributed by atoms with van der Waals surface area (Å²) in [6.07, 6.45) is 0. The van der Waals surface area contributed by atoms with Crippen molar-refractivity contribution < 1.29 is 19.4 Å². The summed E-state index contributed by atoms with van der Waals surface area (Å²) in [6.45, 7) is 3.97. The van der Waals surface area contributed by atoms with Gasteiger partial charge >= 0.3 is 5.91 Å². The third-order valence-electron chi connectivity index (χ3n) is 6.02. The van der Waals surface area contributed by atoms with E-state index < -0.39 is 17.7 Å². The molecule has 0 radical (unpaired) electrons. The van der Waals surface area contributed by atoms with Crippen molar-refractivity contribution in [2.45, 2.75) is 19.9 Å². The minimum atomic E-state index is -0.862. The van der Waals surface area contributed by atoms with E-state index in [0.29, 0.717) is 27.0 Å². The lowest BCUT2D eigenvalue weighted by molar-refractivity contribution is -0.132. The molecule has 4 aromatic rings. The topological polar surface area (TPSA) is 79.7 Å². The van der Waals surface area contributed by atoms with E-state index >= 15 is 0 Å². The van der Waals surface area contributed by atoms with Crippen LogP contribution in [0, 0.1) is 13.8 Å². The van der Waals surface area contributed by atoms with Gasteiger partial charge in [0.2, 0.25) is 0 Å². The van der Waals surface area contributed by atoms with Crippen LogP contribution in [0.2, 0.25) is 5.02 Å². The number of methoxy groups -OCH3 is 1. The van der Waals surface area contributed by atoms with Crippen molar-refractivity contribution in [1.29, 1.82) is 0 Å². The van der Waals surface area contributed by atoms with Gasteiger partial charge in [0, 0.05) is 10.6 Å². The number of ether oxygens (including phenoxy) is 1. The van der Waals surface area contributed by atoms with Gasteiger partial charge in [-0.1, -0.05) is 41.1 Å². The first-order valence-corrected chi connectivity index (χ1v) is 12.1. The molecular formula is C27H21ClN2O4S. The van der Waals surface area contributed by atoms with Crippen LogP contribution < -0.4 is 9.64 Å². The van der Waals surface area contributed by atoms with E-state index in [0.717, 1.165) is 21.3 Å². The molecular weight excluding hydrogens is 484 g/mol. The van der Waals surface area contributed by atoms with Crippen molar-refractivity contribution in [3.8, 4) is 5.75 Å². The second kappa shape index (κ2) is 8.83. The Hall–Kier alpha value is -3.68. The van der Waals surface area contributed by atoms with Crippen LogP contribution in [0.1, 0.15) is 28.3 Å².